The number of hydrogen-bond acceptors (Lipinski definition) is 5. The Morgan fingerprint density at radius 1 is 0.957 bits per heavy atom. The normalized spacial score (nSPS) is 29.1. The van der Waals surface area contributed by atoms with Gasteiger partial charge in [-0.1, -0.05) is 35.3 Å². The first-order valence-electron chi connectivity index (χ1n) is 6.42. The van der Waals surface area contributed by atoms with Crippen LogP contribution in [0.4, 0.5) is 5.69 Å². The summed E-state index contributed by atoms with van der Waals surface area (Å²) in [5.41, 5.74) is 2.93. The van der Waals surface area contributed by atoms with Gasteiger partial charge in [0.1, 0.15) is 10.1 Å². The molecule has 23 heavy (non-hydrogen) atoms. The minimum absolute atomic E-state index is 0.252. The van der Waals surface area contributed by atoms with E-state index in [1.54, 1.807) is 30.3 Å². The summed E-state index contributed by atoms with van der Waals surface area (Å²) < 4.78 is 0. The molecule has 7 heteroatoms. The largest absolute Gasteiger partial charge is 0.399 e. The summed E-state index contributed by atoms with van der Waals surface area (Å²) in [5, 5.41) is 18.1. The summed E-state index contributed by atoms with van der Waals surface area (Å²) in [7, 11) is 0. The van der Waals surface area contributed by atoms with Crippen LogP contribution in [0.5, 0.6) is 0 Å². The molecule has 112 valence electrons. The highest BCUT2D eigenvalue weighted by Gasteiger charge is 2.73. The van der Waals surface area contributed by atoms with E-state index in [9.17, 15) is 20.1 Å². The van der Waals surface area contributed by atoms with Gasteiger partial charge in [-0.3, -0.25) is 9.59 Å². The van der Waals surface area contributed by atoms with E-state index in [0.717, 1.165) is 0 Å². The summed E-state index contributed by atoms with van der Waals surface area (Å²) in [6.07, 6.45) is 1.30. The Bertz CT molecular complexity index is 918. The predicted octanol–water partition coefficient (Wildman–Crippen LogP) is 2.53. The molecule has 2 aliphatic rings. The predicted molar refractivity (Wildman–Crippen MR) is 83.7 cm³/mol. The molecule has 0 amide bonds. The van der Waals surface area contributed by atoms with Gasteiger partial charge >= 0.3 is 0 Å². The highest BCUT2D eigenvalue weighted by Crippen LogP contribution is 2.64. The third kappa shape index (κ3) is 1.56. The van der Waals surface area contributed by atoms with Crippen LogP contribution in [0.25, 0.3) is 5.57 Å². The van der Waals surface area contributed by atoms with E-state index in [4.69, 9.17) is 28.9 Å². The fraction of sp³-hybridized carbons (Fsp3) is 0.125. The topological polar surface area (TPSA) is 108 Å². The number of fused-ring (bicyclic) bond motifs is 1. The van der Waals surface area contributed by atoms with Crippen molar-refractivity contribution in [3.05, 3.63) is 46.0 Å². The van der Waals surface area contributed by atoms with Crippen molar-refractivity contribution in [2.75, 3.05) is 5.73 Å². The molecule has 0 aromatic heterocycles. The van der Waals surface area contributed by atoms with Gasteiger partial charge in [-0.15, -0.1) is 0 Å². The second-order valence-corrected chi connectivity index (χ2v) is 6.00. The third-order valence-electron chi connectivity index (χ3n) is 4.21. The number of halogens is 2. The van der Waals surface area contributed by atoms with E-state index in [2.05, 4.69) is 0 Å². The molecule has 2 aliphatic carbocycles. The van der Waals surface area contributed by atoms with Crippen molar-refractivity contribution in [1.29, 1.82) is 10.5 Å². The highest BCUT2D eigenvalue weighted by molar-refractivity contribution is 6.58. The maximum atomic E-state index is 12.6. The number of carbonyl (C=O) groups is 2. The second-order valence-electron chi connectivity index (χ2n) is 5.25. The van der Waals surface area contributed by atoms with E-state index in [1.165, 1.54) is 6.08 Å². The van der Waals surface area contributed by atoms with Crippen molar-refractivity contribution in [1.82, 2.24) is 0 Å². The van der Waals surface area contributed by atoms with Crippen LogP contribution in [0, 0.1) is 33.5 Å². The standard InChI is InChI=1S/C16H7Cl2N3O2/c17-11-12(18)14(23)16(7-20)10(5-15(16,6-19)13(11)22)8-1-3-9(21)4-2-8/h1-5H,21H2. The molecular formula is C16H7Cl2N3O2. The Hall–Kier alpha value is -2.60. The Morgan fingerprint density at radius 2 is 1.52 bits per heavy atom. The van der Waals surface area contributed by atoms with Crippen molar-refractivity contribution in [2.45, 2.75) is 0 Å². The molecule has 1 aromatic rings. The number of anilines is 1. The fourth-order valence-corrected chi connectivity index (χ4v) is 3.43. The average molecular weight is 344 g/mol. The number of Topliss-reactive ketones (excluding diaryl/α,β-unsaturated/α-hetero) is 2. The molecule has 5 nitrogen and oxygen atoms in total. The van der Waals surface area contributed by atoms with Crippen molar-refractivity contribution in [2.24, 2.45) is 10.8 Å². The molecular weight excluding hydrogens is 337 g/mol. The summed E-state index contributed by atoms with van der Waals surface area (Å²) in [4.78, 5) is 25.1. The Balaban J connectivity index is 2.31. The first kappa shape index (κ1) is 15.3. The number of hydrogen-bond donors (Lipinski definition) is 1. The highest BCUT2D eigenvalue weighted by atomic mass is 35.5. The minimum atomic E-state index is -2.00. The number of ketones is 2. The number of nitrogens with zero attached hydrogens (tertiary/aromatic N) is 2. The molecule has 0 bridgehead atoms. The lowest BCUT2D eigenvalue weighted by Gasteiger charge is -2.49. The van der Waals surface area contributed by atoms with Gasteiger partial charge in [-0.2, -0.15) is 10.5 Å². The van der Waals surface area contributed by atoms with Gasteiger partial charge in [-0.25, -0.2) is 0 Å². The number of rotatable bonds is 1. The van der Waals surface area contributed by atoms with Crippen molar-refractivity contribution >= 4 is 46.0 Å². The molecule has 2 unspecified atom stereocenters. The SMILES string of the molecule is N#CC12C=C(c3ccc(N)cc3)C1(C#N)C(=O)C(Cl)=C(Cl)C2=O. The van der Waals surface area contributed by atoms with Crippen LogP contribution in [0.1, 0.15) is 5.56 Å². The Morgan fingerprint density at radius 3 is 2.04 bits per heavy atom. The van der Waals surface area contributed by atoms with E-state index < -0.39 is 32.5 Å². The molecule has 0 radical (unpaired) electrons. The Kier molecular flexibility index (Phi) is 3.12. The monoisotopic (exact) mass is 343 g/mol. The van der Waals surface area contributed by atoms with E-state index in [-0.39, 0.29) is 5.57 Å². The summed E-state index contributed by atoms with van der Waals surface area (Å²) >= 11 is 11.6. The summed E-state index contributed by atoms with van der Waals surface area (Å²) in [5.74, 6) is -1.69. The number of nitrogen functional groups attached to an aromatic ring is 1. The van der Waals surface area contributed by atoms with Crippen LogP contribution in [0.2, 0.25) is 0 Å². The molecule has 3 rings (SSSR count). The average Bonchev–Trinajstić information content (AvgIpc) is 2.54. The summed E-state index contributed by atoms with van der Waals surface area (Å²) in [6, 6.07) is 10.0. The van der Waals surface area contributed by atoms with Gasteiger partial charge in [0.05, 0.1) is 12.1 Å². The summed E-state index contributed by atoms with van der Waals surface area (Å²) in [6.45, 7) is 0. The molecule has 0 saturated heterocycles. The quantitative estimate of drug-likeness (QED) is 0.788. The van der Waals surface area contributed by atoms with Gasteiger partial charge in [0.15, 0.2) is 10.8 Å². The lowest BCUT2D eigenvalue weighted by atomic mass is 9.46. The zero-order valence-corrected chi connectivity index (χ0v) is 12.9. The van der Waals surface area contributed by atoms with Gasteiger partial charge < -0.3 is 5.73 Å². The lowest BCUT2D eigenvalue weighted by Crippen LogP contribution is -2.59. The zero-order chi connectivity index (χ0) is 17.0. The van der Waals surface area contributed by atoms with Crippen molar-refractivity contribution in [3.8, 4) is 12.1 Å². The van der Waals surface area contributed by atoms with Gasteiger partial charge in [0.25, 0.3) is 0 Å². The number of allylic oxidation sites excluding steroid dienone is 4. The molecule has 0 fully saturated rings. The lowest BCUT2D eigenvalue weighted by molar-refractivity contribution is -0.133. The van der Waals surface area contributed by atoms with E-state index in [0.29, 0.717) is 11.3 Å². The maximum Gasteiger partial charge on any atom is 0.203 e. The molecule has 2 atom stereocenters. The number of nitrogens with two attached hydrogens (primary N) is 1. The molecule has 1 aromatic carbocycles. The van der Waals surface area contributed by atoms with Crippen LogP contribution in [-0.2, 0) is 9.59 Å². The van der Waals surface area contributed by atoms with Gasteiger partial charge in [0, 0.05) is 5.69 Å². The third-order valence-corrected chi connectivity index (χ3v) is 5.03. The Labute approximate surface area is 141 Å². The van der Waals surface area contributed by atoms with Gasteiger partial charge in [0.2, 0.25) is 11.6 Å². The van der Waals surface area contributed by atoms with Crippen LogP contribution in [0.15, 0.2) is 40.4 Å². The first-order valence-corrected chi connectivity index (χ1v) is 7.18. The number of benzene rings is 1. The number of carbonyl (C=O) groups excluding carboxylic acids is 2. The van der Waals surface area contributed by atoms with E-state index in [1.807, 2.05) is 6.07 Å². The smallest absolute Gasteiger partial charge is 0.203 e. The maximum absolute atomic E-state index is 12.6. The van der Waals surface area contributed by atoms with Crippen LogP contribution in [0.3, 0.4) is 0 Å². The molecule has 0 spiro atoms. The first-order chi connectivity index (χ1) is 10.9. The minimum Gasteiger partial charge on any atom is -0.399 e. The zero-order valence-electron chi connectivity index (χ0n) is 11.4. The van der Waals surface area contributed by atoms with Crippen LogP contribution < -0.4 is 5.73 Å². The molecule has 2 N–H and O–H groups in total. The molecule has 0 aliphatic heterocycles. The van der Waals surface area contributed by atoms with E-state index >= 15 is 0 Å². The van der Waals surface area contributed by atoms with Crippen LogP contribution in [-0.4, -0.2) is 11.6 Å². The van der Waals surface area contributed by atoms with Crippen LogP contribution >= 0.6 is 23.2 Å². The van der Waals surface area contributed by atoms with Crippen molar-refractivity contribution < 1.29 is 9.59 Å². The second kappa shape index (κ2) is 4.70. The fourth-order valence-electron chi connectivity index (χ4n) is 2.97. The number of nitriles is 2. The molecule has 0 saturated carbocycles. The van der Waals surface area contributed by atoms with Gasteiger partial charge in [-0.05, 0) is 29.3 Å². The van der Waals surface area contributed by atoms with Crippen molar-refractivity contribution in [3.63, 3.8) is 0 Å². The molecule has 0 heterocycles.